The molecule has 0 spiro atoms. The topological polar surface area (TPSA) is 162 Å². The van der Waals surface area contributed by atoms with Crippen LogP contribution in [0.4, 0.5) is 5.82 Å². The summed E-state index contributed by atoms with van der Waals surface area (Å²) in [7, 11) is 1.59. The fourth-order valence-electron chi connectivity index (χ4n) is 2.85. The van der Waals surface area contributed by atoms with Crippen molar-refractivity contribution in [2.24, 2.45) is 10.7 Å². The molecule has 2 aromatic heterocycles. The van der Waals surface area contributed by atoms with Crippen molar-refractivity contribution in [2.75, 3.05) is 25.6 Å². The Bertz CT molecular complexity index is 1180. The molecule has 0 aliphatic carbocycles. The first-order chi connectivity index (χ1) is 16.5. The standard InChI is InChI=1S/C23H25N7O4/c1-15(27-19(25)6-5-8-24)16-12-17(14-18(13-16)33-11-10-32-2)21-29-23(34-30-21)22(31)28-20-7-3-4-9-26-20/h3-9,12-15,24H,10-11H2,1-2H3,(H2,25,27)(H,26,28,31)/b6-5-,24-8?/t15-/m1/s1. The third-order valence-corrected chi connectivity index (χ3v) is 4.46. The molecular weight excluding hydrogens is 438 g/mol. The molecule has 176 valence electrons. The number of nitrogens with two attached hydrogens (primary N) is 1. The number of amides is 1. The molecule has 3 rings (SSSR count). The molecule has 0 bridgehead atoms. The van der Waals surface area contributed by atoms with E-state index in [-0.39, 0.29) is 23.6 Å². The molecule has 2 heterocycles. The zero-order chi connectivity index (χ0) is 24.3. The Labute approximate surface area is 196 Å². The van der Waals surface area contributed by atoms with Crippen LogP contribution in [0.3, 0.4) is 0 Å². The van der Waals surface area contributed by atoms with Crippen LogP contribution in [0.25, 0.3) is 11.4 Å². The van der Waals surface area contributed by atoms with E-state index < -0.39 is 5.91 Å². The lowest BCUT2D eigenvalue weighted by molar-refractivity contribution is 0.0981. The Hall–Kier alpha value is -4.38. The van der Waals surface area contributed by atoms with Crippen molar-refractivity contribution in [1.29, 1.82) is 5.41 Å². The molecule has 0 radical (unpaired) electrons. The summed E-state index contributed by atoms with van der Waals surface area (Å²) in [6.07, 6.45) is 5.70. The van der Waals surface area contributed by atoms with Gasteiger partial charge in [0.05, 0.1) is 12.6 Å². The number of carbonyl (C=O) groups excluding carboxylic acids is 1. The van der Waals surface area contributed by atoms with Gasteiger partial charge < -0.3 is 30.5 Å². The third kappa shape index (κ3) is 6.81. The second-order valence-corrected chi connectivity index (χ2v) is 6.98. The van der Waals surface area contributed by atoms with Gasteiger partial charge in [-0.25, -0.2) is 4.98 Å². The summed E-state index contributed by atoms with van der Waals surface area (Å²) in [5, 5.41) is 13.6. The lowest BCUT2D eigenvalue weighted by Crippen LogP contribution is -2.13. The number of nitrogens with one attached hydrogen (secondary N) is 2. The summed E-state index contributed by atoms with van der Waals surface area (Å²) in [4.78, 5) is 25.1. The van der Waals surface area contributed by atoms with Gasteiger partial charge >= 0.3 is 11.8 Å². The number of hydrogen-bond donors (Lipinski definition) is 3. The minimum absolute atomic E-state index is 0.206. The molecule has 3 aromatic rings. The highest BCUT2D eigenvalue weighted by atomic mass is 16.5. The molecule has 1 atom stereocenters. The Balaban J connectivity index is 1.88. The van der Waals surface area contributed by atoms with Gasteiger partial charge in [-0.05, 0) is 55.0 Å². The van der Waals surface area contributed by atoms with Crippen molar-refractivity contribution >= 4 is 23.8 Å². The van der Waals surface area contributed by atoms with Crippen LogP contribution in [-0.2, 0) is 4.74 Å². The average Bonchev–Trinajstić information content (AvgIpc) is 3.34. The second kappa shape index (κ2) is 12.0. The molecule has 1 amide bonds. The molecule has 0 aliphatic heterocycles. The van der Waals surface area contributed by atoms with Crippen LogP contribution in [0.1, 0.15) is 29.2 Å². The van der Waals surface area contributed by atoms with E-state index in [0.29, 0.717) is 30.3 Å². The van der Waals surface area contributed by atoms with Gasteiger partial charge in [0.15, 0.2) is 0 Å². The zero-order valence-electron chi connectivity index (χ0n) is 18.8. The van der Waals surface area contributed by atoms with Gasteiger partial charge in [-0.3, -0.25) is 9.79 Å². The van der Waals surface area contributed by atoms with E-state index >= 15 is 0 Å². The second-order valence-electron chi connectivity index (χ2n) is 6.98. The van der Waals surface area contributed by atoms with Crippen molar-refractivity contribution in [3.05, 3.63) is 66.2 Å². The van der Waals surface area contributed by atoms with Gasteiger partial charge in [0.25, 0.3) is 0 Å². The van der Waals surface area contributed by atoms with Crippen molar-refractivity contribution < 1.29 is 18.8 Å². The largest absolute Gasteiger partial charge is 0.491 e. The van der Waals surface area contributed by atoms with Crippen molar-refractivity contribution in [3.8, 4) is 17.1 Å². The summed E-state index contributed by atoms with van der Waals surface area (Å²) in [5.74, 6) is 0.608. The van der Waals surface area contributed by atoms with Crippen molar-refractivity contribution in [2.45, 2.75) is 13.0 Å². The minimum Gasteiger partial charge on any atom is -0.491 e. The number of rotatable bonds is 11. The predicted molar refractivity (Wildman–Crippen MR) is 127 cm³/mol. The van der Waals surface area contributed by atoms with Crippen LogP contribution in [0.2, 0.25) is 0 Å². The number of aromatic nitrogens is 3. The highest BCUT2D eigenvalue weighted by Crippen LogP contribution is 2.29. The third-order valence-electron chi connectivity index (χ3n) is 4.46. The molecule has 11 nitrogen and oxygen atoms in total. The summed E-state index contributed by atoms with van der Waals surface area (Å²) >= 11 is 0. The number of nitrogens with zero attached hydrogens (tertiary/aromatic N) is 4. The minimum atomic E-state index is -0.575. The van der Waals surface area contributed by atoms with E-state index in [9.17, 15) is 4.79 Å². The number of anilines is 1. The lowest BCUT2D eigenvalue weighted by atomic mass is 10.0. The van der Waals surface area contributed by atoms with Crippen molar-refractivity contribution in [1.82, 2.24) is 15.1 Å². The Kier molecular flexibility index (Phi) is 8.58. The average molecular weight is 463 g/mol. The summed E-state index contributed by atoms with van der Waals surface area (Å²) in [6, 6.07) is 10.2. The Morgan fingerprint density at radius 1 is 1.32 bits per heavy atom. The number of hydrogen-bond acceptors (Lipinski definition) is 9. The Morgan fingerprint density at radius 2 is 2.18 bits per heavy atom. The maximum absolute atomic E-state index is 12.4. The van der Waals surface area contributed by atoms with Crippen LogP contribution in [0, 0.1) is 5.41 Å². The number of pyridine rings is 1. The number of ether oxygens (including phenoxy) is 2. The van der Waals surface area contributed by atoms with E-state index in [1.807, 2.05) is 19.1 Å². The normalized spacial score (nSPS) is 12.5. The van der Waals surface area contributed by atoms with Gasteiger partial charge in [-0.15, -0.1) is 0 Å². The first-order valence-corrected chi connectivity index (χ1v) is 10.3. The molecule has 0 saturated carbocycles. The number of aliphatic imine (C=N–C) groups is 1. The van der Waals surface area contributed by atoms with E-state index in [4.69, 9.17) is 25.1 Å². The molecule has 0 saturated heterocycles. The molecule has 0 aliphatic rings. The van der Waals surface area contributed by atoms with Crippen molar-refractivity contribution in [3.63, 3.8) is 0 Å². The molecule has 0 unspecified atom stereocenters. The number of amidine groups is 1. The first kappa shape index (κ1) is 24.3. The highest BCUT2D eigenvalue weighted by molar-refractivity contribution is 6.00. The molecular formula is C23H25N7O4. The van der Waals surface area contributed by atoms with Gasteiger partial charge in [-0.2, -0.15) is 4.98 Å². The van der Waals surface area contributed by atoms with Gasteiger partial charge in [-0.1, -0.05) is 11.2 Å². The lowest BCUT2D eigenvalue weighted by Gasteiger charge is -2.13. The zero-order valence-corrected chi connectivity index (χ0v) is 18.8. The summed E-state index contributed by atoms with van der Waals surface area (Å²) < 4.78 is 16.0. The highest BCUT2D eigenvalue weighted by Gasteiger charge is 2.18. The van der Waals surface area contributed by atoms with E-state index in [2.05, 4.69) is 25.4 Å². The van der Waals surface area contributed by atoms with Crippen LogP contribution in [0.15, 0.2) is 64.3 Å². The van der Waals surface area contributed by atoms with Gasteiger partial charge in [0.1, 0.15) is 24.0 Å². The first-order valence-electron chi connectivity index (χ1n) is 10.3. The smallest absolute Gasteiger partial charge is 0.316 e. The van der Waals surface area contributed by atoms with Crippen LogP contribution >= 0.6 is 0 Å². The molecule has 4 N–H and O–H groups in total. The van der Waals surface area contributed by atoms with Gasteiger partial charge in [0, 0.05) is 25.1 Å². The summed E-state index contributed by atoms with van der Waals surface area (Å²) in [6.45, 7) is 2.62. The number of allylic oxidation sites excluding steroid dienone is 1. The number of benzene rings is 1. The fourth-order valence-corrected chi connectivity index (χ4v) is 2.85. The van der Waals surface area contributed by atoms with E-state index in [1.165, 1.54) is 12.2 Å². The molecule has 1 aromatic carbocycles. The quantitative estimate of drug-likeness (QED) is 0.222. The predicted octanol–water partition coefficient (Wildman–Crippen LogP) is 3.03. The van der Waals surface area contributed by atoms with E-state index in [0.717, 1.165) is 11.8 Å². The number of methoxy groups -OCH3 is 1. The monoisotopic (exact) mass is 463 g/mol. The van der Waals surface area contributed by atoms with Crippen LogP contribution < -0.4 is 15.8 Å². The van der Waals surface area contributed by atoms with Crippen LogP contribution in [-0.4, -0.2) is 53.4 Å². The fraction of sp³-hybridized carbons (Fsp3) is 0.217. The number of carbonyl (C=O) groups is 1. The summed E-state index contributed by atoms with van der Waals surface area (Å²) in [5.41, 5.74) is 7.25. The molecule has 0 fully saturated rings. The SMILES string of the molecule is COCCOc1cc(-c2noc(C(=O)Nc3ccccn3)n2)cc([C@@H](C)N=C(N)/C=C\C=N)c1. The van der Waals surface area contributed by atoms with E-state index in [1.54, 1.807) is 37.6 Å². The maximum Gasteiger partial charge on any atom is 0.316 e. The van der Waals surface area contributed by atoms with Gasteiger partial charge in [0.2, 0.25) is 5.82 Å². The Morgan fingerprint density at radius 3 is 2.91 bits per heavy atom. The maximum atomic E-state index is 12.4. The van der Waals surface area contributed by atoms with Crippen LogP contribution in [0.5, 0.6) is 5.75 Å². The molecule has 34 heavy (non-hydrogen) atoms. The molecule has 11 heteroatoms.